The monoisotopic (exact) mass is 611 g/mol. The molecule has 0 unspecified atom stereocenters. The number of alkyl carbamates (subject to hydrolysis) is 1. The van der Waals surface area contributed by atoms with Crippen LogP contribution in [0.4, 0.5) is 23.7 Å². The van der Waals surface area contributed by atoms with E-state index in [-0.39, 0.29) is 43.2 Å². The van der Waals surface area contributed by atoms with Gasteiger partial charge in [0.2, 0.25) is 23.6 Å². The second-order valence-corrected chi connectivity index (χ2v) is 12.4. The van der Waals surface area contributed by atoms with E-state index in [1.165, 1.54) is 12.1 Å². The van der Waals surface area contributed by atoms with Gasteiger partial charge in [-0.05, 0) is 64.3 Å². The van der Waals surface area contributed by atoms with Crippen LogP contribution in [0.3, 0.4) is 0 Å². The predicted molar refractivity (Wildman–Crippen MR) is 155 cm³/mol. The van der Waals surface area contributed by atoms with Crippen LogP contribution in [0.2, 0.25) is 0 Å². The van der Waals surface area contributed by atoms with E-state index in [0.29, 0.717) is 31.7 Å². The lowest BCUT2D eigenvalue weighted by Gasteiger charge is -2.35. The third kappa shape index (κ3) is 10.4. The summed E-state index contributed by atoms with van der Waals surface area (Å²) in [4.78, 5) is 55.0. The zero-order valence-corrected chi connectivity index (χ0v) is 25.6. The van der Waals surface area contributed by atoms with Gasteiger partial charge in [-0.3, -0.25) is 14.4 Å². The summed E-state index contributed by atoms with van der Waals surface area (Å²) in [5.41, 5.74) is -0.602. The number of benzene rings is 1. The molecule has 240 valence electrons. The molecular formula is C30H44F3N5O5. The number of piperazine rings is 1. The Bertz CT molecular complexity index is 1160. The van der Waals surface area contributed by atoms with Crippen LogP contribution in [0.5, 0.6) is 0 Å². The number of hydrogen-bond donors (Lipinski definition) is 3. The summed E-state index contributed by atoms with van der Waals surface area (Å²) in [6.45, 7) is 9.07. The standard InChI is InChI=1S/C30H44F3N5O5/c1-6-24(39)34-23(27(41)38-15-13-37(5)14-16-38)18-19-7-8-22(21(31)17-19)35-26(40)25(36-28(42)43-29(2,3)4)20-9-11-30(32,33)12-10-20/h7-8,17,20,23,25H,6,9-16,18H2,1-5H3,(H,34,39)(H,35,40)(H,36,42)/t23-,25+/m1/s1. The Morgan fingerprint density at radius 2 is 1.67 bits per heavy atom. The lowest BCUT2D eigenvalue weighted by atomic mass is 9.81. The van der Waals surface area contributed by atoms with Gasteiger partial charge in [0.15, 0.2) is 0 Å². The van der Waals surface area contributed by atoms with Gasteiger partial charge in [0.05, 0.1) is 5.69 Å². The molecule has 0 aromatic heterocycles. The van der Waals surface area contributed by atoms with Crippen LogP contribution < -0.4 is 16.0 Å². The van der Waals surface area contributed by atoms with Crippen LogP contribution in [0.15, 0.2) is 18.2 Å². The fourth-order valence-electron chi connectivity index (χ4n) is 5.20. The number of hydrogen-bond acceptors (Lipinski definition) is 6. The molecule has 3 rings (SSSR count). The first kappa shape index (κ1) is 34.1. The number of nitrogens with zero attached hydrogens (tertiary/aromatic N) is 2. The van der Waals surface area contributed by atoms with E-state index in [2.05, 4.69) is 20.9 Å². The average Bonchev–Trinajstić information content (AvgIpc) is 2.92. The van der Waals surface area contributed by atoms with Crippen LogP contribution in [0.1, 0.15) is 65.4 Å². The van der Waals surface area contributed by atoms with Gasteiger partial charge >= 0.3 is 6.09 Å². The van der Waals surface area contributed by atoms with Crippen LogP contribution in [0.25, 0.3) is 0 Å². The second kappa shape index (κ2) is 14.4. The zero-order valence-electron chi connectivity index (χ0n) is 25.6. The lowest BCUT2D eigenvalue weighted by molar-refractivity contribution is -0.137. The molecule has 1 aromatic rings. The van der Waals surface area contributed by atoms with Gasteiger partial charge in [0.1, 0.15) is 23.5 Å². The highest BCUT2D eigenvalue weighted by Gasteiger charge is 2.41. The van der Waals surface area contributed by atoms with E-state index in [4.69, 9.17) is 4.74 Å². The Balaban J connectivity index is 1.74. The van der Waals surface area contributed by atoms with Crippen molar-refractivity contribution in [3.63, 3.8) is 0 Å². The minimum atomic E-state index is -2.84. The third-order valence-electron chi connectivity index (χ3n) is 7.69. The number of likely N-dealkylation sites (N-methyl/N-ethyl adjacent to an activating group) is 1. The van der Waals surface area contributed by atoms with E-state index < -0.39 is 60.2 Å². The third-order valence-corrected chi connectivity index (χ3v) is 7.69. The maximum absolute atomic E-state index is 15.3. The van der Waals surface area contributed by atoms with E-state index in [0.717, 1.165) is 0 Å². The number of halogens is 3. The molecule has 2 atom stereocenters. The molecule has 2 aliphatic rings. The number of carbonyl (C=O) groups is 4. The van der Waals surface area contributed by atoms with Crippen LogP contribution in [0, 0.1) is 11.7 Å². The van der Waals surface area contributed by atoms with Gasteiger partial charge in [-0.1, -0.05) is 13.0 Å². The van der Waals surface area contributed by atoms with Gasteiger partial charge in [-0.25, -0.2) is 18.0 Å². The molecule has 1 saturated carbocycles. The van der Waals surface area contributed by atoms with Gasteiger partial charge in [0, 0.05) is 51.9 Å². The summed E-state index contributed by atoms with van der Waals surface area (Å²) in [6, 6.07) is 1.94. The van der Waals surface area contributed by atoms with Gasteiger partial charge in [0.25, 0.3) is 0 Å². The van der Waals surface area contributed by atoms with Crippen molar-refractivity contribution >= 4 is 29.5 Å². The first-order valence-electron chi connectivity index (χ1n) is 14.8. The number of rotatable bonds is 9. The number of ether oxygens (including phenoxy) is 1. The minimum Gasteiger partial charge on any atom is -0.444 e. The molecule has 3 N–H and O–H groups in total. The molecule has 1 aliphatic heterocycles. The smallest absolute Gasteiger partial charge is 0.408 e. The molecule has 13 heteroatoms. The van der Waals surface area contributed by atoms with Gasteiger partial charge in [-0.15, -0.1) is 0 Å². The van der Waals surface area contributed by atoms with Crippen molar-refractivity contribution in [3.05, 3.63) is 29.6 Å². The highest BCUT2D eigenvalue weighted by Crippen LogP contribution is 2.38. The molecule has 1 heterocycles. The Labute approximate surface area is 251 Å². The van der Waals surface area contributed by atoms with Crippen molar-refractivity contribution in [2.75, 3.05) is 38.5 Å². The van der Waals surface area contributed by atoms with Gasteiger partial charge < -0.3 is 30.5 Å². The number of alkyl halides is 2. The summed E-state index contributed by atoms with van der Waals surface area (Å²) in [7, 11) is 1.96. The summed E-state index contributed by atoms with van der Waals surface area (Å²) in [5.74, 6) is -5.54. The molecule has 1 saturated heterocycles. The SMILES string of the molecule is CCC(=O)N[C@H](Cc1ccc(NC(=O)[C@@H](NC(=O)OC(C)(C)C)C2CCC(F)(F)CC2)c(F)c1)C(=O)N1CCN(C)CC1. The van der Waals surface area contributed by atoms with Crippen LogP contribution in [-0.2, 0) is 25.5 Å². The maximum Gasteiger partial charge on any atom is 0.408 e. The summed E-state index contributed by atoms with van der Waals surface area (Å²) in [6.07, 6.45) is -1.52. The van der Waals surface area contributed by atoms with Crippen molar-refractivity contribution in [3.8, 4) is 0 Å². The molecule has 2 fully saturated rings. The molecule has 0 radical (unpaired) electrons. The molecule has 0 spiro atoms. The Kier molecular flexibility index (Phi) is 11.4. The maximum atomic E-state index is 15.3. The van der Waals surface area contributed by atoms with Crippen molar-refractivity contribution in [2.24, 2.45) is 5.92 Å². The second-order valence-electron chi connectivity index (χ2n) is 12.4. The molecule has 4 amide bonds. The Morgan fingerprint density at radius 1 is 1.05 bits per heavy atom. The molecule has 1 aromatic carbocycles. The lowest BCUT2D eigenvalue weighted by Crippen LogP contribution is -2.54. The van der Waals surface area contributed by atoms with Crippen molar-refractivity contribution in [1.82, 2.24) is 20.4 Å². The molecule has 43 heavy (non-hydrogen) atoms. The Hall–Kier alpha value is -3.35. The van der Waals surface area contributed by atoms with Crippen molar-refractivity contribution in [1.29, 1.82) is 0 Å². The van der Waals surface area contributed by atoms with Crippen LogP contribution >= 0.6 is 0 Å². The zero-order chi connectivity index (χ0) is 31.9. The van der Waals surface area contributed by atoms with Crippen LogP contribution in [-0.4, -0.2) is 90.4 Å². The predicted octanol–water partition coefficient (Wildman–Crippen LogP) is 3.69. The number of anilines is 1. The molecular weight excluding hydrogens is 567 g/mol. The molecule has 10 nitrogen and oxygen atoms in total. The fourth-order valence-corrected chi connectivity index (χ4v) is 5.20. The minimum absolute atomic E-state index is 0.00545. The van der Waals surface area contributed by atoms with E-state index in [1.54, 1.807) is 38.7 Å². The highest BCUT2D eigenvalue weighted by molar-refractivity contribution is 5.97. The molecule has 1 aliphatic carbocycles. The van der Waals surface area contributed by atoms with E-state index in [1.807, 2.05) is 7.05 Å². The summed E-state index contributed by atoms with van der Waals surface area (Å²) < 4.78 is 48.1. The van der Waals surface area contributed by atoms with Gasteiger partial charge in [-0.2, -0.15) is 0 Å². The van der Waals surface area contributed by atoms with Crippen molar-refractivity contribution < 1.29 is 37.1 Å². The number of nitrogens with one attached hydrogen (secondary N) is 3. The topological polar surface area (TPSA) is 120 Å². The first-order valence-corrected chi connectivity index (χ1v) is 14.8. The normalized spacial score (nSPS) is 19.2. The highest BCUT2D eigenvalue weighted by atomic mass is 19.3. The van der Waals surface area contributed by atoms with E-state index >= 15 is 4.39 Å². The number of carbonyl (C=O) groups excluding carboxylic acids is 4. The van der Waals surface area contributed by atoms with Crippen molar-refractivity contribution in [2.45, 2.75) is 89.8 Å². The van der Waals surface area contributed by atoms with E-state index in [9.17, 15) is 28.0 Å². The number of amides is 4. The molecule has 0 bridgehead atoms. The average molecular weight is 612 g/mol. The Morgan fingerprint density at radius 3 is 2.23 bits per heavy atom. The quantitative estimate of drug-likeness (QED) is 0.392. The fraction of sp³-hybridized carbons (Fsp3) is 0.667. The first-order chi connectivity index (χ1) is 20.1. The largest absolute Gasteiger partial charge is 0.444 e. The summed E-state index contributed by atoms with van der Waals surface area (Å²) >= 11 is 0. The summed E-state index contributed by atoms with van der Waals surface area (Å²) in [5, 5.41) is 7.71.